The molecule has 0 amide bonds. The molecule has 0 saturated carbocycles. The van der Waals surface area contributed by atoms with Crippen LogP contribution in [0.4, 0.5) is 5.69 Å². The maximum atomic E-state index is 12.1. The molecule has 0 aliphatic heterocycles. The van der Waals surface area contributed by atoms with Crippen LogP contribution in [0.15, 0.2) is 29.2 Å². The van der Waals surface area contributed by atoms with E-state index in [1.165, 1.54) is 6.08 Å². The van der Waals surface area contributed by atoms with Crippen LogP contribution < -0.4 is 5.73 Å². The van der Waals surface area contributed by atoms with Crippen molar-refractivity contribution in [2.75, 3.05) is 5.73 Å². The van der Waals surface area contributed by atoms with Gasteiger partial charge in [-0.1, -0.05) is 12.1 Å². The van der Waals surface area contributed by atoms with E-state index < -0.39 is 14.6 Å². The summed E-state index contributed by atoms with van der Waals surface area (Å²) in [4.78, 5) is -0.236. The topological polar surface area (TPSA) is 84.0 Å². The van der Waals surface area contributed by atoms with Crippen molar-refractivity contribution in [2.45, 2.75) is 25.5 Å². The smallest absolute Gasteiger partial charge is 0.193 e. The number of nitriles is 1. The highest BCUT2D eigenvalue weighted by molar-refractivity contribution is 7.97. The third-order valence-corrected chi connectivity index (χ3v) is 4.84. The minimum atomic E-state index is -3.63. The van der Waals surface area contributed by atoms with E-state index in [1.54, 1.807) is 51.1 Å². The van der Waals surface area contributed by atoms with Gasteiger partial charge in [0.05, 0.1) is 4.75 Å². The summed E-state index contributed by atoms with van der Waals surface area (Å²) >= 11 is 0. The molecule has 4 nitrogen and oxygen atoms in total. The highest BCUT2D eigenvalue weighted by atomic mass is 32.2. The van der Waals surface area contributed by atoms with Crippen LogP contribution in [0.2, 0.25) is 0 Å². The van der Waals surface area contributed by atoms with E-state index in [0.29, 0.717) is 11.3 Å². The maximum Gasteiger partial charge on any atom is 0.193 e. The second-order valence-corrected chi connectivity index (χ2v) is 7.57. The summed E-state index contributed by atoms with van der Waals surface area (Å²) in [6, 6.07) is 8.41. The monoisotopic (exact) mass is 264 g/mol. The van der Waals surface area contributed by atoms with E-state index in [9.17, 15) is 8.42 Å². The number of allylic oxidation sites excluding steroid dienone is 1. The number of nitrogens with zero attached hydrogens (tertiary/aromatic N) is 1. The van der Waals surface area contributed by atoms with Gasteiger partial charge in [0.15, 0.2) is 9.84 Å². The minimum Gasteiger partial charge on any atom is -0.399 e. The van der Waals surface area contributed by atoms with E-state index in [1.807, 2.05) is 0 Å². The molecule has 1 rings (SSSR count). The molecule has 2 N–H and O–H groups in total. The zero-order valence-corrected chi connectivity index (χ0v) is 11.5. The van der Waals surface area contributed by atoms with Gasteiger partial charge in [-0.3, -0.25) is 0 Å². The summed E-state index contributed by atoms with van der Waals surface area (Å²) in [5.74, 6) is 0. The Balaban J connectivity index is 3.29. The van der Waals surface area contributed by atoms with Gasteiger partial charge in [0.25, 0.3) is 0 Å². The highest BCUT2D eigenvalue weighted by Gasteiger charge is 2.32. The Morgan fingerprint density at radius 1 is 1.28 bits per heavy atom. The number of hydrogen-bond donors (Lipinski definition) is 1. The molecule has 0 aliphatic rings. The third-order valence-electron chi connectivity index (χ3n) is 2.44. The van der Waals surface area contributed by atoms with Crippen molar-refractivity contribution in [3.63, 3.8) is 0 Å². The van der Waals surface area contributed by atoms with Gasteiger partial charge in [0.1, 0.15) is 11.0 Å². The number of sulfone groups is 1. The first-order valence-corrected chi connectivity index (χ1v) is 6.89. The van der Waals surface area contributed by atoms with Gasteiger partial charge in [-0.25, -0.2) is 8.42 Å². The lowest BCUT2D eigenvalue weighted by Gasteiger charge is -2.18. The maximum absolute atomic E-state index is 12.1. The van der Waals surface area contributed by atoms with Crippen LogP contribution in [-0.2, 0) is 9.84 Å². The SMILES string of the molecule is CC(C)(C)S(=O)(=O)C(C#N)=Cc1ccc(N)cc1. The molecular weight excluding hydrogens is 248 g/mol. The second-order valence-electron chi connectivity index (χ2n) is 4.90. The molecule has 0 atom stereocenters. The van der Waals surface area contributed by atoms with Crippen LogP contribution >= 0.6 is 0 Å². The number of nitrogen functional groups attached to an aromatic ring is 1. The summed E-state index contributed by atoms with van der Waals surface area (Å²) in [6.07, 6.45) is 1.36. The van der Waals surface area contributed by atoms with E-state index in [-0.39, 0.29) is 4.91 Å². The quantitative estimate of drug-likeness (QED) is 0.656. The summed E-state index contributed by atoms with van der Waals surface area (Å²) < 4.78 is 23.3. The molecule has 0 saturated heterocycles. The molecular formula is C13H16N2O2S. The van der Waals surface area contributed by atoms with Crippen LogP contribution in [0.1, 0.15) is 26.3 Å². The lowest BCUT2D eigenvalue weighted by atomic mass is 10.2. The second kappa shape index (κ2) is 4.83. The van der Waals surface area contributed by atoms with E-state index in [4.69, 9.17) is 11.0 Å². The number of benzene rings is 1. The van der Waals surface area contributed by atoms with Crippen molar-refractivity contribution in [1.82, 2.24) is 0 Å². The van der Waals surface area contributed by atoms with E-state index in [2.05, 4.69) is 0 Å². The summed E-state index contributed by atoms with van der Waals surface area (Å²) in [5.41, 5.74) is 6.76. The predicted octanol–water partition coefficient (Wildman–Crippen LogP) is 2.35. The summed E-state index contributed by atoms with van der Waals surface area (Å²) in [6.45, 7) is 4.70. The van der Waals surface area contributed by atoms with Crippen LogP contribution in [0.3, 0.4) is 0 Å². The molecule has 1 aromatic carbocycles. The molecule has 0 aliphatic carbocycles. The Morgan fingerprint density at radius 2 is 1.78 bits per heavy atom. The fourth-order valence-electron chi connectivity index (χ4n) is 1.24. The fraction of sp³-hybridized carbons (Fsp3) is 0.308. The zero-order valence-electron chi connectivity index (χ0n) is 10.6. The van der Waals surface area contributed by atoms with Crippen LogP contribution in [-0.4, -0.2) is 13.2 Å². The molecule has 0 unspecified atom stereocenters. The molecule has 0 aromatic heterocycles. The van der Waals surface area contributed by atoms with Gasteiger partial charge in [0, 0.05) is 5.69 Å². The van der Waals surface area contributed by atoms with Gasteiger partial charge < -0.3 is 5.73 Å². The fourth-order valence-corrected chi connectivity index (χ4v) is 2.31. The average Bonchev–Trinajstić information content (AvgIpc) is 2.26. The van der Waals surface area contributed by atoms with Crippen molar-refractivity contribution in [2.24, 2.45) is 0 Å². The zero-order chi connectivity index (χ0) is 14.0. The van der Waals surface area contributed by atoms with Gasteiger partial charge in [0.2, 0.25) is 0 Å². The lowest BCUT2D eigenvalue weighted by Crippen LogP contribution is -2.28. The van der Waals surface area contributed by atoms with E-state index >= 15 is 0 Å². The standard InChI is InChI=1S/C13H16N2O2S/c1-13(2,3)18(16,17)12(9-14)8-10-4-6-11(15)7-5-10/h4-8H,15H2,1-3H3. The van der Waals surface area contributed by atoms with Crippen molar-refractivity contribution in [3.8, 4) is 6.07 Å². The van der Waals surface area contributed by atoms with E-state index in [0.717, 1.165) is 0 Å². The highest BCUT2D eigenvalue weighted by Crippen LogP contribution is 2.25. The third kappa shape index (κ3) is 2.90. The molecule has 5 heteroatoms. The Bertz CT molecular complexity index is 600. The molecule has 1 aromatic rings. The molecule has 0 fully saturated rings. The largest absolute Gasteiger partial charge is 0.399 e. The average molecular weight is 264 g/mol. The van der Waals surface area contributed by atoms with Gasteiger partial charge in [-0.05, 0) is 44.5 Å². The summed E-state index contributed by atoms with van der Waals surface area (Å²) in [7, 11) is -3.63. The molecule has 18 heavy (non-hydrogen) atoms. The Labute approximate surface area is 108 Å². The van der Waals surface area contributed by atoms with Crippen LogP contribution in [0, 0.1) is 11.3 Å². The first-order chi connectivity index (χ1) is 8.18. The van der Waals surface area contributed by atoms with Crippen LogP contribution in [0.25, 0.3) is 6.08 Å². The molecule has 96 valence electrons. The molecule has 0 bridgehead atoms. The van der Waals surface area contributed by atoms with Gasteiger partial charge >= 0.3 is 0 Å². The normalized spacial score (nSPS) is 13.1. The first-order valence-electron chi connectivity index (χ1n) is 5.40. The lowest BCUT2D eigenvalue weighted by molar-refractivity contribution is 0.568. The minimum absolute atomic E-state index is 0.236. The number of anilines is 1. The van der Waals surface area contributed by atoms with Gasteiger partial charge in [-0.15, -0.1) is 0 Å². The Hall–Kier alpha value is -1.80. The van der Waals surface area contributed by atoms with Crippen molar-refractivity contribution in [1.29, 1.82) is 5.26 Å². The van der Waals surface area contributed by atoms with Crippen molar-refractivity contribution < 1.29 is 8.42 Å². The Kier molecular flexibility index (Phi) is 3.82. The van der Waals surface area contributed by atoms with Gasteiger partial charge in [-0.2, -0.15) is 5.26 Å². The molecule has 0 heterocycles. The van der Waals surface area contributed by atoms with Crippen molar-refractivity contribution in [3.05, 3.63) is 34.7 Å². The van der Waals surface area contributed by atoms with Crippen molar-refractivity contribution >= 4 is 21.6 Å². The predicted molar refractivity (Wildman–Crippen MR) is 73.1 cm³/mol. The Morgan fingerprint density at radius 3 is 2.17 bits per heavy atom. The van der Waals surface area contributed by atoms with Crippen LogP contribution in [0.5, 0.6) is 0 Å². The number of hydrogen-bond acceptors (Lipinski definition) is 4. The number of nitrogens with two attached hydrogens (primary N) is 1. The number of rotatable bonds is 2. The molecule has 0 spiro atoms. The molecule has 0 radical (unpaired) electrons. The summed E-state index contributed by atoms with van der Waals surface area (Å²) in [5, 5.41) is 9.02. The first kappa shape index (κ1) is 14.3.